The average molecular weight is 968 g/mol. The number of unbranched alkanes of at least 4 members (excludes halogenated alkanes) is 9. The van der Waals surface area contributed by atoms with Crippen molar-refractivity contribution in [1.29, 1.82) is 0 Å². The van der Waals surface area contributed by atoms with Gasteiger partial charge >= 0.3 is 17.9 Å². The minimum Gasteiger partial charge on any atom is -0.494 e. The Balaban J connectivity index is 1.06. The number of hydrogen-bond donors (Lipinski definition) is 0. The van der Waals surface area contributed by atoms with Crippen molar-refractivity contribution in [3.8, 4) is 40.4 Å². The van der Waals surface area contributed by atoms with Crippen molar-refractivity contribution in [2.75, 3.05) is 40.1 Å². The highest BCUT2D eigenvalue weighted by atomic mass is 16.5. The summed E-state index contributed by atoms with van der Waals surface area (Å²) in [4.78, 5) is 42.4. The molecule has 0 fully saturated rings. The summed E-state index contributed by atoms with van der Waals surface area (Å²) in [5.41, 5.74) is 2.56. The van der Waals surface area contributed by atoms with E-state index in [1.54, 1.807) is 31.4 Å². The zero-order valence-corrected chi connectivity index (χ0v) is 41.5. The number of aromatic nitrogens is 1. The van der Waals surface area contributed by atoms with Gasteiger partial charge in [0.1, 0.15) is 34.5 Å². The second-order valence-electron chi connectivity index (χ2n) is 17.4. The lowest BCUT2D eigenvalue weighted by molar-refractivity contribution is -0.138. The molecule has 0 bridgehead atoms. The normalized spacial score (nSPS) is 11.0. The van der Waals surface area contributed by atoms with Crippen LogP contribution in [0.1, 0.15) is 108 Å². The largest absolute Gasteiger partial charge is 0.494 e. The summed E-state index contributed by atoms with van der Waals surface area (Å²) in [6.45, 7) is 8.68. The first kappa shape index (κ1) is 53.4. The number of ether oxygens (including phenoxy) is 8. The highest BCUT2D eigenvalue weighted by Gasteiger charge is 2.16. The molecule has 0 aliphatic rings. The van der Waals surface area contributed by atoms with Crippen LogP contribution in [0.5, 0.6) is 40.4 Å². The Bertz CT molecular complexity index is 2580. The van der Waals surface area contributed by atoms with E-state index in [0.29, 0.717) is 73.3 Å². The Morgan fingerprint density at radius 3 is 1.46 bits per heavy atom. The molecule has 0 atom stereocenters. The van der Waals surface area contributed by atoms with Gasteiger partial charge in [-0.3, -0.25) is 9.59 Å². The topological polar surface area (TPSA) is 138 Å². The molecule has 0 saturated carbocycles. The standard InChI is InChI=1S/C59H69NO11/c1-4-6-7-13-38-67-48-27-29-49(30-28-48)71-59-54-42-50(69-57(62)35-21-44-17-23-46(24-18-44)65-39-14-9-8-12-37-64-3)31-33-52(54)53-34-32-51(43-55(53)60-59)70-58(63)36-22-45-19-25-47(26-20-45)66-40-15-10-11-16-41-68-56(61)5-2/h5,17-20,23-34,42-43H,2,4,6-16,21-22,35-41H2,1,3H3. The van der Waals surface area contributed by atoms with Gasteiger partial charge in [0.15, 0.2) is 0 Å². The number of pyridine rings is 1. The molecule has 1 aromatic heterocycles. The molecule has 0 aliphatic carbocycles. The predicted molar refractivity (Wildman–Crippen MR) is 277 cm³/mol. The molecule has 0 radical (unpaired) electrons. The highest BCUT2D eigenvalue weighted by Crippen LogP contribution is 2.37. The van der Waals surface area contributed by atoms with E-state index < -0.39 is 5.97 Å². The van der Waals surface area contributed by atoms with Crippen molar-refractivity contribution in [2.45, 2.75) is 110 Å². The minimum atomic E-state index is -0.394. The maximum atomic E-state index is 13.2. The molecule has 0 N–H and O–H groups in total. The number of aryl methyl sites for hydroxylation is 2. The van der Waals surface area contributed by atoms with Gasteiger partial charge in [-0.2, -0.15) is 0 Å². The van der Waals surface area contributed by atoms with Crippen LogP contribution in [0, 0.1) is 0 Å². The molecular formula is C59H69NO11. The molecule has 0 amide bonds. The molecule has 0 unspecified atom stereocenters. The van der Waals surface area contributed by atoms with Gasteiger partial charge < -0.3 is 37.9 Å². The second kappa shape index (κ2) is 30.0. The monoisotopic (exact) mass is 967 g/mol. The van der Waals surface area contributed by atoms with Gasteiger partial charge in [-0.1, -0.05) is 63.5 Å². The number of rotatable bonds is 33. The number of fused-ring (bicyclic) bond motifs is 3. The van der Waals surface area contributed by atoms with Crippen molar-refractivity contribution in [1.82, 2.24) is 4.98 Å². The molecule has 1 heterocycles. The molecule has 12 nitrogen and oxygen atoms in total. The number of carbonyl (C=O) groups excluding carboxylic acids is 3. The fourth-order valence-corrected chi connectivity index (χ4v) is 7.81. The molecule has 0 aliphatic heterocycles. The third-order valence-corrected chi connectivity index (χ3v) is 11.8. The third kappa shape index (κ3) is 18.7. The van der Waals surface area contributed by atoms with Gasteiger partial charge in [0, 0.05) is 49.5 Å². The summed E-state index contributed by atoms with van der Waals surface area (Å²) in [5, 5.41) is 2.27. The van der Waals surface area contributed by atoms with Crippen LogP contribution in [-0.4, -0.2) is 63.0 Å². The third-order valence-electron chi connectivity index (χ3n) is 11.8. The van der Waals surface area contributed by atoms with Crippen LogP contribution in [0.25, 0.3) is 21.7 Å². The van der Waals surface area contributed by atoms with Crippen LogP contribution in [-0.2, 0) is 36.7 Å². The van der Waals surface area contributed by atoms with Crippen LogP contribution in [0.3, 0.4) is 0 Å². The molecule has 376 valence electrons. The minimum absolute atomic E-state index is 0.178. The maximum absolute atomic E-state index is 13.2. The zero-order chi connectivity index (χ0) is 49.9. The van der Waals surface area contributed by atoms with Crippen LogP contribution in [0.15, 0.2) is 122 Å². The Morgan fingerprint density at radius 1 is 0.493 bits per heavy atom. The van der Waals surface area contributed by atoms with Gasteiger partial charge in [-0.15, -0.1) is 0 Å². The van der Waals surface area contributed by atoms with Crippen LogP contribution in [0.4, 0.5) is 0 Å². The molecule has 6 aromatic rings. The lowest BCUT2D eigenvalue weighted by Gasteiger charge is -2.14. The van der Waals surface area contributed by atoms with E-state index in [-0.39, 0.29) is 24.8 Å². The number of nitrogens with zero attached hydrogens (tertiary/aromatic N) is 1. The molecule has 0 spiro atoms. The molecule has 12 heteroatoms. The van der Waals surface area contributed by atoms with E-state index in [0.717, 1.165) is 110 Å². The van der Waals surface area contributed by atoms with Crippen LogP contribution >= 0.6 is 0 Å². The summed E-state index contributed by atoms with van der Waals surface area (Å²) in [6, 6.07) is 33.8. The smallest absolute Gasteiger partial charge is 0.330 e. The summed E-state index contributed by atoms with van der Waals surface area (Å²) < 4.78 is 46.0. The van der Waals surface area contributed by atoms with Crippen molar-refractivity contribution in [3.05, 3.63) is 133 Å². The van der Waals surface area contributed by atoms with E-state index in [1.807, 2.05) is 84.9 Å². The number of esters is 3. The highest BCUT2D eigenvalue weighted by molar-refractivity contribution is 6.08. The summed E-state index contributed by atoms with van der Waals surface area (Å²) in [5.74, 6) is 2.78. The second-order valence-corrected chi connectivity index (χ2v) is 17.4. The van der Waals surface area contributed by atoms with Gasteiger partial charge in [0.25, 0.3) is 0 Å². The first-order chi connectivity index (χ1) is 34.8. The number of carbonyl (C=O) groups is 3. The van der Waals surface area contributed by atoms with Crippen molar-refractivity contribution < 1.29 is 52.3 Å². The Labute approximate surface area is 418 Å². The quantitative estimate of drug-likeness (QED) is 0.0128. The lowest BCUT2D eigenvalue weighted by Crippen LogP contribution is -2.09. The van der Waals surface area contributed by atoms with E-state index in [2.05, 4.69) is 13.5 Å². The van der Waals surface area contributed by atoms with E-state index in [9.17, 15) is 14.4 Å². The van der Waals surface area contributed by atoms with Gasteiger partial charge in [-0.25, -0.2) is 9.78 Å². The maximum Gasteiger partial charge on any atom is 0.330 e. The first-order valence-electron chi connectivity index (χ1n) is 25.2. The number of hydrogen-bond acceptors (Lipinski definition) is 12. The lowest BCUT2D eigenvalue weighted by atomic mass is 10.1. The van der Waals surface area contributed by atoms with Gasteiger partial charge in [-0.05, 0) is 160 Å². The van der Waals surface area contributed by atoms with E-state index >= 15 is 0 Å². The van der Waals surface area contributed by atoms with Crippen LogP contribution < -0.4 is 28.4 Å². The number of methoxy groups -OCH3 is 1. The molecule has 6 rings (SSSR count). The number of benzene rings is 5. The molecular weight excluding hydrogens is 899 g/mol. The summed E-state index contributed by atoms with van der Waals surface area (Å²) >= 11 is 0. The predicted octanol–water partition coefficient (Wildman–Crippen LogP) is 13.5. The van der Waals surface area contributed by atoms with E-state index in [4.69, 9.17) is 42.9 Å². The average Bonchev–Trinajstić information content (AvgIpc) is 3.39. The first-order valence-corrected chi connectivity index (χ1v) is 25.2. The van der Waals surface area contributed by atoms with Crippen molar-refractivity contribution >= 4 is 39.6 Å². The van der Waals surface area contributed by atoms with Crippen LogP contribution in [0.2, 0.25) is 0 Å². The Hall–Kier alpha value is -6.92. The van der Waals surface area contributed by atoms with Gasteiger partial charge in [0.2, 0.25) is 5.88 Å². The SMILES string of the molecule is C=CC(=O)OCCCCCCOc1ccc(CCC(=O)Oc2ccc3c(c2)nc(Oc2ccc(OCCCCCC)cc2)c2cc(OC(=O)CCc4ccc(OCCCCCCOC)cc4)ccc23)cc1. The molecule has 0 saturated heterocycles. The summed E-state index contributed by atoms with van der Waals surface area (Å²) in [7, 11) is 1.73. The van der Waals surface area contributed by atoms with Crippen molar-refractivity contribution in [3.63, 3.8) is 0 Å². The zero-order valence-electron chi connectivity index (χ0n) is 41.5. The van der Waals surface area contributed by atoms with Gasteiger partial charge in [0.05, 0.1) is 31.9 Å². The van der Waals surface area contributed by atoms with Crippen molar-refractivity contribution in [2.24, 2.45) is 0 Å². The molecule has 5 aromatic carbocycles. The Kier molecular flexibility index (Phi) is 22.5. The van der Waals surface area contributed by atoms with E-state index in [1.165, 1.54) is 18.9 Å². The fourth-order valence-electron chi connectivity index (χ4n) is 7.81. The Morgan fingerprint density at radius 2 is 0.944 bits per heavy atom. The summed E-state index contributed by atoms with van der Waals surface area (Å²) in [6.07, 6.45) is 14.9. The fraction of sp³-hybridized carbons (Fsp3) is 0.390. The molecule has 71 heavy (non-hydrogen) atoms.